The third kappa shape index (κ3) is 5.37. The van der Waals surface area contributed by atoms with Gasteiger partial charge in [0, 0.05) is 11.3 Å². The number of thiophene rings is 1. The summed E-state index contributed by atoms with van der Waals surface area (Å²) in [4.78, 5) is 30.4. The number of fused-ring (bicyclic) bond motifs is 1. The van der Waals surface area contributed by atoms with E-state index < -0.39 is 0 Å². The minimum absolute atomic E-state index is 0.112. The molecule has 0 aliphatic carbocycles. The van der Waals surface area contributed by atoms with Crippen LogP contribution < -0.4 is 20.3 Å². The molecule has 0 atom stereocenters. The molecule has 1 N–H and O–H groups in total. The number of rotatable bonds is 9. The number of benzene rings is 2. The van der Waals surface area contributed by atoms with Gasteiger partial charge in [0.05, 0.1) is 31.5 Å². The van der Waals surface area contributed by atoms with Gasteiger partial charge in [-0.15, -0.1) is 11.3 Å². The summed E-state index contributed by atoms with van der Waals surface area (Å²) in [5, 5.41) is 5.20. The Morgan fingerprint density at radius 3 is 2.70 bits per heavy atom. The van der Waals surface area contributed by atoms with Crippen LogP contribution >= 0.6 is 23.1 Å². The van der Waals surface area contributed by atoms with Gasteiger partial charge >= 0.3 is 0 Å². The maximum absolute atomic E-state index is 13.2. The second kappa shape index (κ2) is 10.5. The van der Waals surface area contributed by atoms with E-state index in [1.807, 2.05) is 54.8 Å². The van der Waals surface area contributed by atoms with E-state index in [1.165, 1.54) is 23.1 Å². The Hall–Kier alpha value is -3.30. The van der Waals surface area contributed by atoms with Gasteiger partial charge in [0.1, 0.15) is 16.2 Å². The average molecular weight is 482 g/mol. The summed E-state index contributed by atoms with van der Waals surface area (Å²) in [6.07, 6.45) is 0. The fourth-order valence-electron chi connectivity index (χ4n) is 3.31. The molecule has 0 aliphatic rings. The standard InChI is InChI=1S/C24H23N3O4S2/c1-3-31-18-10-8-17(9-11-18)25-21(28)15-33-24-26-19-12-13-32-22(19)23(29)27(24)14-16-6-4-5-7-20(16)30-2/h4-13H,3,14-15H2,1-2H3,(H,25,28). The molecule has 2 aromatic heterocycles. The molecule has 0 fully saturated rings. The summed E-state index contributed by atoms with van der Waals surface area (Å²) in [6, 6.07) is 16.6. The summed E-state index contributed by atoms with van der Waals surface area (Å²) in [5.74, 6) is 1.37. The number of para-hydroxylation sites is 1. The fourth-order valence-corrected chi connectivity index (χ4v) is 4.88. The number of hydrogen-bond acceptors (Lipinski definition) is 7. The number of carbonyl (C=O) groups excluding carboxylic acids is 1. The predicted octanol–water partition coefficient (Wildman–Crippen LogP) is 4.64. The minimum atomic E-state index is -0.187. The van der Waals surface area contributed by atoms with Crippen molar-refractivity contribution in [1.29, 1.82) is 0 Å². The summed E-state index contributed by atoms with van der Waals surface area (Å²) < 4.78 is 13.1. The first-order chi connectivity index (χ1) is 16.1. The summed E-state index contributed by atoms with van der Waals surface area (Å²) >= 11 is 2.59. The number of thioether (sulfide) groups is 1. The molecule has 4 rings (SSSR count). The van der Waals surface area contributed by atoms with Crippen molar-refractivity contribution in [3.63, 3.8) is 0 Å². The summed E-state index contributed by atoms with van der Waals surface area (Å²) in [7, 11) is 1.60. The Bertz CT molecular complexity index is 1320. The molecule has 0 spiro atoms. The Labute approximate surface area is 199 Å². The molecule has 0 saturated heterocycles. The first-order valence-electron chi connectivity index (χ1n) is 10.3. The van der Waals surface area contributed by atoms with Gasteiger partial charge in [-0.3, -0.25) is 14.2 Å². The SMILES string of the molecule is CCOc1ccc(NC(=O)CSc2nc3ccsc3c(=O)n2Cc2ccccc2OC)cc1. The summed E-state index contributed by atoms with van der Waals surface area (Å²) in [6.45, 7) is 2.80. The number of nitrogens with zero attached hydrogens (tertiary/aromatic N) is 2. The first kappa shape index (κ1) is 22.9. The zero-order valence-electron chi connectivity index (χ0n) is 18.2. The van der Waals surface area contributed by atoms with Crippen molar-refractivity contribution in [2.24, 2.45) is 0 Å². The van der Waals surface area contributed by atoms with Gasteiger partial charge < -0.3 is 14.8 Å². The van der Waals surface area contributed by atoms with Crippen molar-refractivity contribution in [3.8, 4) is 11.5 Å². The predicted molar refractivity (Wildman–Crippen MR) is 133 cm³/mol. The van der Waals surface area contributed by atoms with Gasteiger partial charge in [0.2, 0.25) is 5.91 Å². The van der Waals surface area contributed by atoms with Gasteiger partial charge in [-0.25, -0.2) is 4.98 Å². The van der Waals surface area contributed by atoms with Crippen molar-refractivity contribution in [1.82, 2.24) is 9.55 Å². The molecule has 0 bridgehead atoms. The average Bonchev–Trinajstić information content (AvgIpc) is 3.30. The molecule has 0 saturated carbocycles. The fraction of sp³-hybridized carbons (Fsp3) is 0.208. The number of nitrogens with one attached hydrogen (secondary N) is 1. The van der Waals surface area contributed by atoms with E-state index >= 15 is 0 Å². The summed E-state index contributed by atoms with van der Waals surface area (Å²) in [5.41, 5.74) is 2.04. The molecular formula is C24H23N3O4S2. The van der Waals surface area contributed by atoms with E-state index in [2.05, 4.69) is 10.3 Å². The van der Waals surface area contributed by atoms with Gasteiger partial charge in [0.25, 0.3) is 5.56 Å². The van der Waals surface area contributed by atoms with Crippen LogP contribution in [0.3, 0.4) is 0 Å². The van der Waals surface area contributed by atoms with Crippen molar-refractivity contribution in [3.05, 3.63) is 75.9 Å². The maximum Gasteiger partial charge on any atom is 0.272 e. The molecule has 2 aromatic carbocycles. The monoisotopic (exact) mass is 481 g/mol. The highest BCUT2D eigenvalue weighted by molar-refractivity contribution is 7.99. The maximum atomic E-state index is 13.2. The zero-order chi connectivity index (χ0) is 23.2. The van der Waals surface area contributed by atoms with Crippen LogP contribution in [-0.4, -0.2) is 34.9 Å². The van der Waals surface area contributed by atoms with Gasteiger partial charge in [-0.05, 0) is 48.7 Å². The number of amides is 1. The largest absolute Gasteiger partial charge is 0.496 e. The number of aromatic nitrogens is 2. The number of anilines is 1. The Kier molecular flexibility index (Phi) is 7.31. The number of methoxy groups -OCH3 is 1. The second-order valence-corrected chi connectivity index (χ2v) is 8.89. The Morgan fingerprint density at radius 1 is 1.15 bits per heavy atom. The van der Waals surface area contributed by atoms with Crippen LogP contribution in [0.15, 0.2) is 69.9 Å². The lowest BCUT2D eigenvalue weighted by Gasteiger charge is -2.14. The van der Waals surface area contributed by atoms with Crippen LogP contribution in [-0.2, 0) is 11.3 Å². The van der Waals surface area contributed by atoms with Crippen LogP contribution in [0.5, 0.6) is 11.5 Å². The smallest absolute Gasteiger partial charge is 0.272 e. The number of ether oxygens (including phenoxy) is 2. The van der Waals surface area contributed by atoms with Gasteiger partial charge in [0.15, 0.2) is 5.16 Å². The Morgan fingerprint density at radius 2 is 1.94 bits per heavy atom. The van der Waals surface area contributed by atoms with E-state index in [9.17, 15) is 9.59 Å². The van der Waals surface area contributed by atoms with E-state index in [1.54, 1.807) is 23.8 Å². The van der Waals surface area contributed by atoms with Crippen LogP contribution in [0.1, 0.15) is 12.5 Å². The molecule has 0 unspecified atom stereocenters. The lowest BCUT2D eigenvalue weighted by atomic mass is 10.2. The molecule has 0 radical (unpaired) electrons. The van der Waals surface area contributed by atoms with Crippen LogP contribution in [0.4, 0.5) is 5.69 Å². The number of carbonyl (C=O) groups is 1. The Balaban J connectivity index is 1.54. The molecule has 33 heavy (non-hydrogen) atoms. The lowest BCUT2D eigenvalue weighted by molar-refractivity contribution is -0.113. The molecule has 7 nitrogen and oxygen atoms in total. The first-order valence-corrected chi connectivity index (χ1v) is 12.2. The van der Waals surface area contributed by atoms with Gasteiger partial charge in [-0.1, -0.05) is 30.0 Å². The van der Waals surface area contributed by atoms with Crippen molar-refractivity contribution < 1.29 is 14.3 Å². The van der Waals surface area contributed by atoms with Gasteiger partial charge in [-0.2, -0.15) is 0 Å². The van der Waals surface area contributed by atoms with Crippen molar-refractivity contribution in [2.45, 2.75) is 18.6 Å². The van der Waals surface area contributed by atoms with Crippen LogP contribution in [0.2, 0.25) is 0 Å². The van der Waals surface area contributed by atoms with E-state index in [0.29, 0.717) is 40.0 Å². The molecule has 4 aromatic rings. The van der Waals surface area contributed by atoms with Crippen LogP contribution in [0, 0.1) is 0 Å². The minimum Gasteiger partial charge on any atom is -0.496 e. The quantitative estimate of drug-likeness (QED) is 0.277. The highest BCUT2D eigenvalue weighted by Gasteiger charge is 2.16. The van der Waals surface area contributed by atoms with E-state index in [-0.39, 0.29) is 17.2 Å². The molecule has 9 heteroatoms. The lowest BCUT2D eigenvalue weighted by Crippen LogP contribution is -2.24. The van der Waals surface area contributed by atoms with E-state index in [4.69, 9.17) is 9.47 Å². The molecule has 2 heterocycles. The zero-order valence-corrected chi connectivity index (χ0v) is 19.9. The van der Waals surface area contributed by atoms with E-state index in [0.717, 1.165) is 11.3 Å². The third-order valence-electron chi connectivity index (χ3n) is 4.83. The van der Waals surface area contributed by atoms with Crippen molar-refractivity contribution in [2.75, 3.05) is 24.8 Å². The van der Waals surface area contributed by atoms with Crippen molar-refractivity contribution >= 4 is 44.9 Å². The highest BCUT2D eigenvalue weighted by Crippen LogP contribution is 2.25. The molecular weight excluding hydrogens is 458 g/mol. The molecule has 170 valence electrons. The van der Waals surface area contributed by atoms with Crippen LogP contribution in [0.25, 0.3) is 10.2 Å². The third-order valence-corrected chi connectivity index (χ3v) is 6.70. The molecule has 1 amide bonds. The normalized spacial score (nSPS) is 10.8. The molecule has 0 aliphatic heterocycles. The topological polar surface area (TPSA) is 82.5 Å². The highest BCUT2D eigenvalue weighted by atomic mass is 32.2. The second-order valence-electron chi connectivity index (χ2n) is 7.03. The number of hydrogen-bond donors (Lipinski definition) is 1.